The van der Waals surface area contributed by atoms with Crippen molar-refractivity contribution in [1.29, 1.82) is 0 Å². The van der Waals surface area contributed by atoms with Gasteiger partial charge in [0.15, 0.2) is 17.5 Å². The highest BCUT2D eigenvalue weighted by Gasteiger charge is 2.27. The van der Waals surface area contributed by atoms with Crippen molar-refractivity contribution in [2.24, 2.45) is 0 Å². The molecular formula is C39H34BrN3. The van der Waals surface area contributed by atoms with E-state index >= 15 is 0 Å². The molecule has 3 nitrogen and oxygen atoms in total. The summed E-state index contributed by atoms with van der Waals surface area (Å²) in [7, 11) is 0. The molecule has 43 heavy (non-hydrogen) atoms. The lowest BCUT2D eigenvalue weighted by atomic mass is 9.77. The van der Waals surface area contributed by atoms with Gasteiger partial charge >= 0.3 is 0 Å². The molecule has 0 N–H and O–H groups in total. The quantitative estimate of drug-likeness (QED) is 0.139. The third-order valence-corrected chi connectivity index (χ3v) is 8.29. The predicted octanol–water partition coefficient (Wildman–Crippen LogP) is 10.9. The van der Waals surface area contributed by atoms with Crippen LogP contribution in [0.5, 0.6) is 0 Å². The third kappa shape index (κ3) is 5.84. The lowest BCUT2D eigenvalue weighted by Crippen LogP contribution is -2.17. The van der Waals surface area contributed by atoms with Crippen molar-refractivity contribution in [3.63, 3.8) is 0 Å². The highest BCUT2D eigenvalue weighted by molar-refractivity contribution is 9.10. The Morgan fingerprint density at radius 2 is 1.33 bits per heavy atom. The summed E-state index contributed by atoms with van der Waals surface area (Å²) in [6.07, 6.45) is 16.1. The average molecular weight is 625 g/mol. The van der Waals surface area contributed by atoms with Gasteiger partial charge in [-0.25, -0.2) is 15.0 Å². The summed E-state index contributed by atoms with van der Waals surface area (Å²) >= 11 is 3.89. The summed E-state index contributed by atoms with van der Waals surface area (Å²) < 4.78 is 1.12. The van der Waals surface area contributed by atoms with Gasteiger partial charge in [-0.2, -0.15) is 0 Å². The number of fused-ring (bicyclic) bond motifs is 2. The average Bonchev–Trinajstić information content (AvgIpc) is 3.27. The molecule has 4 aromatic carbocycles. The Kier molecular flexibility index (Phi) is 9.08. The minimum absolute atomic E-state index is 0.384. The fourth-order valence-corrected chi connectivity index (χ4v) is 6.10. The molecule has 0 radical (unpaired) electrons. The zero-order valence-electron chi connectivity index (χ0n) is 24.8. The van der Waals surface area contributed by atoms with Crippen LogP contribution in [0.3, 0.4) is 0 Å². The normalized spacial score (nSPS) is 16.3. The van der Waals surface area contributed by atoms with Crippen LogP contribution in [0.15, 0.2) is 145 Å². The van der Waals surface area contributed by atoms with Crippen LogP contribution >= 0.6 is 15.9 Å². The Morgan fingerprint density at radius 3 is 1.93 bits per heavy atom. The van der Waals surface area contributed by atoms with E-state index in [2.05, 4.69) is 115 Å². The van der Waals surface area contributed by atoms with Crippen LogP contribution in [0.2, 0.25) is 0 Å². The van der Waals surface area contributed by atoms with Gasteiger partial charge in [-0.05, 0) is 50.0 Å². The van der Waals surface area contributed by atoms with Crippen LogP contribution in [0, 0.1) is 0 Å². The lowest BCUT2D eigenvalue weighted by molar-refractivity contribution is 0.775. The van der Waals surface area contributed by atoms with E-state index in [9.17, 15) is 0 Å². The van der Waals surface area contributed by atoms with Crippen molar-refractivity contribution in [1.82, 2.24) is 15.0 Å². The van der Waals surface area contributed by atoms with Gasteiger partial charge in [0, 0.05) is 26.6 Å². The summed E-state index contributed by atoms with van der Waals surface area (Å²) in [6, 6.07) is 27.1. The second kappa shape index (κ2) is 13.1. The fourth-order valence-electron chi connectivity index (χ4n) is 5.41. The van der Waals surface area contributed by atoms with Gasteiger partial charge in [0.25, 0.3) is 0 Å². The molecule has 5 aromatic rings. The Bertz CT molecular complexity index is 1890. The Hall–Kier alpha value is -4.67. The van der Waals surface area contributed by atoms with Crippen LogP contribution in [0.25, 0.3) is 44.1 Å². The van der Waals surface area contributed by atoms with E-state index in [1.165, 1.54) is 27.1 Å². The third-order valence-electron chi connectivity index (χ3n) is 7.43. The molecule has 212 valence electrons. The second-order valence-electron chi connectivity index (χ2n) is 10.1. The maximum Gasteiger partial charge on any atom is 0.164 e. The molecular weight excluding hydrogens is 590 g/mol. The monoisotopic (exact) mass is 623 g/mol. The fraction of sp³-hybridized carbons (Fsp3) is 0.103. The summed E-state index contributed by atoms with van der Waals surface area (Å²) in [5.74, 6) is 1.76. The molecule has 1 aliphatic rings. The van der Waals surface area contributed by atoms with Crippen molar-refractivity contribution in [3.05, 3.63) is 162 Å². The first-order chi connectivity index (χ1) is 21.0. The van der Waals surface area contributed by atoms with Crippen molar-refractivity contribution in [2.75, 3.05) is 0 Å². The Labute approximate surface area is 262 Å². The molecule has 0 fully saturated rings. The van der Waals surface area contributed by atoms with Crippen LogP contribution in [-0.4, -0.2) is 15.0 Å². The molecule has 0 amide bonds. The first-order valence-corrected chi connectivity index (χ1v) is 15.3. The van der Waals surface area contributed by atoms with Gasteiger partial charge < -0.3 is 0 Å². The van der Waals surface area contributed by atoms with E-state index in [-0.39, 0.29) is 5.41 Å². The molecule has 0 saturated carbocycles. The molecule has 1 aromatic heterocycles. The minimum atomic E-state index is -0.384. The van der Waals surface area contributed by atoms with Crippen molar-refractivity contribution in [2.45, 2.75) is 26.2 Å². The smallest absolute Gasteiger partial charge is 0.164 e. The van der Waals surface area contributed by atoms with E-state index in [0.29, 0.717) is 17.5 Å². The summed E-state index contributed by atoms with van der Waals surface area (Å²) in [6.45, 7) is 14.1. The molecule has 1 aliphatic carbocycles. The summed E-state index contributed by atoms with van der Waals surface area (Å²) in [5, 5.41) is 4.83. The molecule has 0 saturated heterocycles. The first kappa shape index (κ1) is 29.8. The van der Waals surface area contributed by atoms with Gasteiger partial charge in [0.1, 0.15) is 0 Å². The van der Waals surface area contributed by atoms with E-state index < -0.39 is 0 Å². The van der Waals surface area contributed by atoms with E-state index in [4.69, 9.17) is 15.0 Å². The number of aromatic nitrogens is 3. The summed E-state index contributed by atoms with van der Waals surface area (Å²) in [5.41, 5.74) is 3.49. The SMILES string of the molecule is C=C/C=C(\C=C)c1nc(C2=CC=CC(C)(c3c4ccccc4c(Br)c4ccccc34)C=C2)nc(-c2ccccc2)n1.CC. The van der Waals surface area contributed by atoms with Gasteiger partial charge in [-0.3, -0.25) is 0 Å². The maximum atomic E-state index is 4.91. The number of hydrogen-bond donors (Lipinski definition) is 0. The minimum Gasteiger partial charge on any atom is -0.208 e. The molecule has 1 unspecified atom stereocenters. The van der Waals surface area contributed by atoms with Crippen molar-refractivity contribution < 1.29 is 0 Å². The summed E-state index contributed by atoms with van der Waals surface area (Å²) in [4.78, 5) is 14.6. The van der Waals surface area contributed by atoms with Crippen LogP contribution in [0.4, 0.5) is 0 Å². The van der Waals surface area contributed by atoms with Gasteiger partial charge in [-0.1, -0.05) is 154 Å². The number of allylic oxidation sites excluding steroid dienone is 10. The molecule has 0 spiro atoms. The second-order valence-corrected chi connectivity index (χ2v) is 10.9. The van der Waals surface area contributed by atoms with Crippen molar-refractivity contribution >= 4 is 48.6 Å². The highest BCUT2D eigenvalue weighted by atomic mass is 79.9. The first-order valence-electron chi connectivity index (χ1n) is 14.5. The molecule has 0 bridgehead atoms. The molecule has 0 aliphatic heterocycles. The van der Waals surface area contributed by atoms with Gasteiger partial charge in [0.2, 0.25) is 0 Å². The van der Waals surface area contributed by atoms with Crippen LogP contribution in [0.1, 0.15) is 38.0 Å². The largest absolute Gasteiger partial charge is 0.208 e. The van der Waals surface area contributed by atoms with E-state index in [0.717, 1.165) is 21.2 Å². The number of halogens is 1. The highest BCUT2D eigenvalue weighted by Crippen LogP contribution is 2.44. The predicted molar refractivity (Wildman–Crippen MR) is 188 cm³/mol. The molecule has 4 heteroatoms. The van der Waals surface area contributed by atoms with E-state index in [1.807, 2.05) is 50.3 Å². The van der Waals surface area contributed by atoms with Gasteiger partial charge in [0.05, 0.1) is 0 Å². The van der Waals surface area contributed by atoms with Gasteiger partial charge in [-0.15, -0.1) is 0 Å². The zero-order chi connectivity index (χ0) is 30.4. The van der Waals surface area contributed by atoms with E-state index in [1.54, 1.807) is 12.2 Å². The number of rotatable bonds is 6. The molecule has 1 atom stereocenters. The van der Waals surface area contributed by atoms with Crippen LogP contribution < -0.4 is 0 Å². The maximum absolute atomic E-state index is 4.91. The number of hydrogen-bond acceptors (Lipinski definition) is 3. The van der Waals surface area contributed by atoms with Crippen molar-refractivity contribution in [3.8, 4) is 11.4 Å². The molecule has 6 rings (SSSR count). The Morgan fingerprint density at radius 1 is 0.744 bits per heavy atom. The standard InChI is InChI=1S/C37H28BrN3.C2H6/c1-4-14-25(5-2)34-39-35(26-15-7-6-8-16-26)41-36(40-34)27-17-13-23-37(3,24-22-27)32-28-18-9-11-20-30(28)33(38)31-21-12-10-19-29(31)32;1-2/h4-24H,1-2H2,3H3;1-2H3/b25-14+;. The Balaban J connectivity index is 0.00000180. The number of nitrogens with zero attached hydrogens (tertiary/aromatic N) is 3. The van der Waals surface area contributed by atoms with Crippen LogP contribution in [-0.2, 0) is 5.41 Å². The zero-order valence-corrected chi connectivity index (χ0v) is 26.3. The lowest BCUT2D eigenvalue weighted by Gasteiger charge is -2.27. The number of benzene rings is 4. The topological polar surface area (TPSA) is 38.7 Å². The molecule has 1 heterocycles.